The van der Waals surface area contributed by atoms with Crippen LogP contribution in [0, 0.1) is 11.3 Å². The minimum Gasteiger partial charge on any atom is -0.481 e. The molecule has 1 aromatic carbocycles. The predicted molar refractivity (Wildman–Crippen MR) is 99.0 cm³/mol. The summed E-state index contributed by atoms with van der Waals surface area (Å²) in [6, 6.07) is 3.99. The molecule has 0 saturated heterocycles. The molecule has 29 heavy (non-hydrogen) atoms. The number of carboxylic acid groups (broad SMARTS) is 2. The Balaban J connectivity index is 2.77. The molecule has 5 nitrogen and oxygen atoms in total. The molecule has 3 unspecified atom stereocenters. The third-order valence-corrected chi connectivity index (χ3v) is 5.42. The van der Waals surface area contributed by atoms with Gasteiger partial charge in [0.05, 0.1) is 16.6 Å². The topological polar surface area (TPSA) is 94.8 Å². The molecule has 0 radical (unpaired) electrons. The molecule has 3 N–H and O–H groups in total. The minimum atomic E-state index is -4.67. The molecule has 0 heterocycles. The number of alkyl halides is 3. The molecule has 0 aliphatic heterocycles. The molecule has 0 fully saturated rings. The zero-order chi connectivity index (χ0) is 22.0. The fraction of sp³-hybridized carbons (Fsp3) is 0.429. The molecule has 0 aromatic heterocycles. The smallest absolute Gasteiger partial charge is 0.416 e. The van der Waals surface area contributed by atoms with Crippen LogP contribution in [-0.2, 0) is 21.4 Å². The first kappa shape index (κ1) is 22.7. The number of carboxylic acids is 2. The van der Waals surface area contributed by atoms with Gasteiger partial charge in [-0.2, -0.15) is 13.2 Å². The van der Waals surface area contributed by atoms with Gasteiger partial charge < -0.3 is 15.3 Å². The van der Waals surface area contributed by atoms with Crippen molar-refractivity contribution in [1.29, 1.82) is 0 Å². The van der Waals surface area contributed by atoms with Crippen LogP contribution in [0.5, 0.6) is 0 Å². The van der Waals surface area contributed by atoms with E-state index in [2.05, 4.69) is 0 Å². The molecule has 2 rings (SSSR count). The summed E-state index contributed by atoms with van der Waals surface area (Å²) in [4.78, 5) is 23.9. The average Bonchev–Trinajstić information content (AvgIpc) is 2.65. The van der Waals surface area contributed by atoms with E-state index >= 15 is 0 Å². The maximum atomic E-state index is 13.2. The lowest BCUT2D eigenvalue weighted by Crippen LogP contribution is -2.50. The fourth-order valence-electron chi connectivity index (χ4n) is 3.88. The zero-order valence-electron chi connectivity index (χ0n) is 16.0. The van der Waals surface area contributed by atoms with Crippen LogP contribution in [0.3, 0.4) is 0 Å². The second kappa shape index (κ2) is 8.02. The van der Waals surface area contributed by atoms with Crippen molar-refractivity contribution >= 4 is 11.9 Å². The molecule has 1 aliphatic carbocycles. The molecule has 0 amide bonds. The summed E-state index contributed by atoms with van der Waals surface area (Å²) in [6.45, 7) is 3.06. The van der Waals surface area contributed by atoms with E-state index in [1.165, 1.54) is 31.2 Å². The van der Waals surface area contributed by atoms with Gasteiger partial charge in [-0.25, -0.2) is 4.79 Å². The Morgan fingerprint density at radius 3 is 2.31 bits per heavy atom. The van der Waals surface area contributed by atoms with Crippen molar-refractivity contribution in [1.82, 2.24) is 0 Å². The Kier molecular flexibility index (Phi) is 6.27. The van der Waals surface area contributed by atoms with Crippen molar-refractivity contribution in [2.24, 2.45) is 11.3 Å². The number of unbranched alkanes of at least 4 members (excludes halogenated alkanes) is 1. The normalized spacial score (nSPS) is 23.9. The number of hydrogen-bond donors (Lipinski definition) is 3. The fourth-order valence-corrected chi connectivity index (χ4v) is 3.88. The summed E-state index contributed by atoms with van der Waals surface area (Å²) in [5.41, 5.74) is -5.51. The van der Waals surface area contributed by atoms with E-state index in [4.69, 9.17) is 0 Å². The molecule has 0 bridgehead atoms. The van der Waals surface area contributed by atoms with Crippen molar-refractivity contribution in [3.8, 4) is 0 Å². The Morgan fingerprint density at radius 1 is 1.17 bits per heavy atom. The van der Waals surface area contributed by atoms with Crippen LogP contribution >= 0.6 is 0 Å². The van der Waals surface area contributed by atoms with Crippen molar-refractivity contribution in [3.63, 3.8) is 0 Å². The van der Waals surface area contributed by atoms with Gasteiger partial charge in [0.25, 0.3) is 0 Å². The number of halogens is 3. The highest BCUT2D eigenvalue weighted by Gasteiger charge is 2.55. The standard InChI is InChI=1S/C21H23F3O5/c1-3-4-11-20(29,13-7-5-8-14(12-13)21(22,23)24)16-15(17(25)26)9-6-10-19(16,2)18(27)28/h5-10,12,16,29H,3-4,11H2,1-2H3,(H,25,26)(H,27,28). The van der Waals surface area contributed by atoms with Crippen LogP contribution in [-0.4, -0.2) is 27.3 Å². The molecule has 3 atom stereocenters. The highest BCUT2D eigenvalue weighted by atomic mass is 19.4. The van der Waals surface area contributed by atoms with Crippen LogP contribution in [0.2, 0.25) is 0 Å². The average molecular weight is 412 g/mol. The number of allylic oxidation sites excluding steroid dienone is 2. The quantitative estimate of drug-likeness (QED) is 0.618. The third kappa shape index (κ3) is 4.22. The summed E-state index contributed by atoms with van der Waals surface area (Å²) in [6.07, 6.45) is -0.124. The van der Waals surface area contributed by atoms with Gasteiger partial charge in [-0.1, -0.05) is 50.1 Å². The number of carbonyl (C=O) groups is 2. The lowest BCUT2D eigenvalue weighted by molar-refractivity contribution is -0.157. The van der Waals surface area contributed by atoms with Gasteiger partial charge in [0.1, 0.15) is 0 Å². The summed E-state index contributed by atoms with van der Waals surface area (Å²) >= 11 is 0. The van der Waals surface area contributed by atoms with Gasteiger partial charge in [0.2, 0.25) is 0 Å². The molecule has 0 saturated carbocycles. The Hall–Kier alpha value is -2.61. The zero-order valence-corrected chi connectivity index (χ0v) is 16.0. The maximum absolute atomic E-state index is 13.2. The van der Waals surface area contributed by atoms with Crippen molar-refractivity contribution in [2.75, 3.05) is 0 Å². The van der Waals surface area contributed by atoms with E-state index in [-0.39, 0.29) is 17.6 Å². The van der Waals surface area contributed by atoms with Crippen LogP contribution in [0.1, 0.15) is 44.2 Å². The lowest BCUT2D eigenvalue weighted by atomic mass is 9.59. The molecule has 158 valence electrons. The largest absolute Gasteiger partial charge is 0.481 e. The molecule has 0 spiro atoms. The summed E-state index contributed by atoms with van der Waals surface area (Å²) in [7, 11) is 0. The monoisotopic (exact) mass is 412 g/mol. The predicted octanol–water partition coefficient (Wildman–Crippen LogP) is 4.37. The van der Waals surface area contributed by atoms with Crippen LogP contribution < -0.4 is 0 Å². The van der Waals surface area contributed by atoms with Crippen LogP contribution in [0.4, 0.5) is 13.2 Å². The maximum Gasteiger partial charge on any atom is 0.416 e. The van der Waals surface area contributed by atoms with Crippen molar-refractivity contribution in [2.45, 2.75) is 44.9 Å². The van der Waals surface area contributed by atoms with Crippen LogP contribution in [0.25, 0.3) is 0 Å². The molecular weight excluding hydrogens is 389 g/mol. The second-order valence-electron chi connectivity index (χ2n) is 7.41. The van der Waals surface area contributed by atoms with E-state index < -0.39 is 40.6 Å². The van der Waals surface area contributed by atoms with E-state index in [9.17, 15) is 38.1 Å². The van der Waals surface area contributed by atoms with Gasteiger partial charge in [-0.3, -0.25) is 4.79 Å². The Labute approximate surface area is 166 Å². The summed E-state index contributed by atoms with van der Waals surface area (Å²) in [5.74, 6) is -4.31. The third-order valence-electron chi connectivity index (χ3n) is 5.42. The van der Waals surface area contributed by atoms with Gasteiger partial charge >= 0.3 is 18.1 Å². The van der Waals surface area contributed by atoms with Crippen molar-refractivity contribution < 1.29 is 38.1 Å². The second-order valence-corrected chi connectivity index (χ2v) is 7.41. The molecule has 1 aliphatic rings. The number of hydrogen-bond acceptors (Lipinski definition) is 3. The van der Waals surface area contributed by atoms with E-state index in [1.807, 2.05) is 0 Å². The van der Waals surface area contributed by atoms with Gasteiger partial charge in [0, 0.05) is 11.5 Å². The van der Waals surface area contributed by atoms with Gasteiger partial charge in [-0.05, 0) is 31.0 Å². The van der Waals surface area contributed by atoms with Crippen molar-refractivity contribution in [3.05, 3.63) is 59.2 Å². The highest BCUT2D eigenvalue weighted by molar-refractivity contribution is 5.91. The van der Waals surface area contributed by atoms with Crippen LogP contribution in [0.15, 0.2) is 48.1 Å². The first-order valence-corrected chi connectivity index (χ1v) is 9.14. The number of benzene rings is 1. The first-order valence-electron chi connectivity index (χ1n) is 9.14. The SMILES string of the molecule is CCCCC(O)(c1cccc(C(F)(F)F)c1)C1C(C(=O)O)=CC=CC1(C)C(=O)O. The van der Waals surface area contributed by atoms with Gasteiger partial charge in [0.15, 0.2) is 0 Å². The Bertz CT molecular complexity index is 858. The summed E-state index contributed by atoms with van der Waals surface area (Å²) in [5, 5.41) is 31.1. The lowest BCUT2D eigenvalue weighted by Gasteiger charge is -2.45. The summed E-state index contributed by atoms with van der Waals surface area (Å²) < 4.78 is 39.7. The molecule has 8 heteroatoms. The molecule has 1 aromatic rings. The number of aliphatic hydroxyl groups is 1. The molecular formula is C21H23F3O5. The first-order chi connectivity index (χ1) is 13.4. The minimum absolute atomic E-state index is 0.100. The van der Waals surface area contributed by atoms with Gasteiger partial charge in [-0.15, -0.1) is 0 Å². The number of rotatable bonds is 7. The van der Waals surface area contributed by atoms with E-state index in [0.717, 1.165) is 18.2 Å². The van der Waals surface area contributed by atoms with E-state index in [0.29, 0.717) is 12.8 Å². The Morgan fingerprint density at radius 2 is 1.79 bits per heavy atom. The number of aliphatic carboxylic acids is 2. The van der Waals surface area contributed by atoms with E-state index in [1.54, 1.807) is 6.92 Å². The highest BCUT2D eigenvalue weighted by Crippen LogP contribution is 2.51.